The molecule has 60 valence electrons. The van der Waals surface area contributed by atoms with E-state index >= 15 is 0 Å². The third kappa shape index (κ3) is 1.40. The molecule has 1 heterocycles. The Hall–Kier alpha value is -1.50. The summed E-state index contributed by atoms with van der Waals surface area (Å²) < 4.78 is 5.49. The van der Waals surface area contributed by atoms with E-state index in [1.807, 2.05) is 48.6 Å². The predicted octanol–water partition coefficient (Wildman–Crippen LogP) is 2.65. The normalized spacial score (nSPS) is 17.0. The summed E-state index contributed by atoms with van der Waals surface area (Å²) in [6, 6.07) is 8.03. The molecule has 0 aliphatic carbocycles. The van der Waals surface area contributed by atoms with Crippen molar-refractivity contribution in [2.24, 2.45) is 0 Å². The lowest BCUT2D eigenvalue weighted by Gasteiger charge is -2.07. The Morgan fingerprint density at radius 3 is 3.00 bits per heavy atom. The maximum Gasteiger partial charge on any atom is 0.126 e. The zero-order valence-electron chi connectivity index (χ0n) is 6.73. The van der Waals surface area contributed by atoms with Crippen LogP contribution in [0.4, 0.5) is 0 Å². The van der Waals surface area contributed by atoms with E-state index in [2.05, 4.69) is 0 Å². The highest BCUT2D eigenvalue weighted by molar-refractivity contribution is 5.58. The van der Waals surface area contributed by atoms with E-state index in [9.17, 15) is 0 Å². The molecule has 0 unspecified atom stereocenters. The van der Waals surface area contributed by atoms with Crippen LogP contribution in [0.3, 0.4) is 0 Å². The van der Waals surface area contributed by atoms with Crippen LogP contribution in [0.5, 0.6) is 5.75 Å². The molecule has 1 nitrogen and oxygen atoms in total. The molecule has 1 aliphatic rings. The van der Waals surface area contributed by atoms with Gasteiger partial charge in [-0.3, -0.25) is 0 Å². The first-order valence-corrected chi connectivity index (χ1v) is 4.02. The van der Waals surface area contributed by atoms with Gasteiger partial charge in [0.1, 0.15) is 12.4 Å². The van der Waals surface area contributed by atoms with Crippen molar-refractivity contribution in [3.63, 3.8) is 0 Å². The molecule has 1 heteroatoms. The van der Waals surface area contributed by atoms with Crippen molar-refractivity contribution in [3.8, 4) is 5.75 Å². The number of rotatable bonds is 0. The number of para-hydroxylation sites is 1. The van der Waals surface area contributed by atoms with Crippen LogP contribution >= 0.6 is 0 Å². The molecule has 0 spiro atoms. The van der Waals surface area contributed by atoms with Crippen molar-refractivity contribution < 1.29 is 4.74 Å². The van der Waals surface area contributed by atoms with E-state index in [0.717, 1.165) is 11.3 Å². The van der Waals surface area contributed by atoms with Gasteiger partial charge in [-0.2, -0.15) is 0 Å². The van der Waals surface area contributed by atoms with Crippen LogP contribution in [0.15, 0.2) is 42.5 Å². The zero-order valence-corrected chi connectivity index (χ0v) is 6.73. The summed E-state index contributed by atoms with van der Waals surface area (Å²) >= 11 is 0. The molecule has 12 heavy (non-hydrogen) atoms. The molecule has 0 fully saturated rings. The highest BCUT2D eigenvalue weighted by atomic mass is 16.5. The minimum Gasteiger partial charge on any atom is -0.489 e. The van der Waals surface area contributed by atoms with Crippen LogP contribution in [-0.4, -0.2) is 6.61 Å². The van der Waals surface area contributed by atoms with Crippen LogP contribution in [0.25, 0.3) is 6.08 Å². The molecule has 0 N–H and O–H groups in total. The standard InChI is InChI=1S/C11H10O/c1-2-6-10-7-3-4-8-11(10)12-9-5-1/h1-8H,9H2/b5-1?,6-2-. The molecule has 0 amide bonds. The molecule has 0 atom stereocenters. The predicted molar refractivity (Wildman–Crippen MR) is 50.1 cm³/mol. The molecule has 1 aromatic carbocycles. The maximum absolute atomic E-state index is 5.49. The fourth-order valence-corrected chi connectivity index (χ4v) is 1.18. The summed E-state index contributed by atoms with van der Waals surface area (Å²) in [7, 11) is 0. The van der Waals surface area contributed by atoms with Gasteiger partial charge in [0, 0.05) is 5.56 Å². The van der Waals surface area contributed by atoms with Gasteiger partial charge in [0.2, 0.25) is 0 Å². The Balaban J connectivity index is 2.43. The molecule has 0 aromatic heterocycles. The smallest absolute Gasteiger partial charge is 0.126 e. The second-order valence-corrected chi connectivity index (χ2v) is 2.64. The van der Waals surface area contributed by atoms with E-state index in [4.69, 9.17) is 4.74 Å². The first kappa shape index (κ1) is 7.17. The van der Waals surface area contributed by atoms with Gasteiger partial charge in [0.15, 0.2) is 0 Å². The van der Waals surface area contributed by atoms with Crippen molar-refractivity contribution in [2.45, 2.75) is 0 Å². The van der Waals surface area contributed by atoms with Crippen LogP contribution < -0.4 is 4.74 Å². The van der Waals surface area contributed by atoms with Gasteiger partial charge in [0.25, 0.3) is 0 Å². The number of hydrogen-bond acceptors (Lipinski definition) is 1. The molecule has 2 rings (SSSR count). The Labute approximate surface area is 72.0 Å². The summed E-state index contributed by atoms with van der Waals surface area (Å²) in [6.45, 7) is 0.654. The highest BCUT2D eigenvalue weighted by Crippen LogP contribution is 2.20. The van der Waals surface area contributed by atoms with Gasteiger partial charge < -0.3 is 4.74 Å². The van der Waals surface area contributed by atoms with Crippen LogP contribution in [0.1, 0.15) is 5.56 Å². The fraction of sp³-hybridized carbons (Fsp3) is 0.0909. The molecule has 0 saturated carbocycles. The van der Waals surface area contributed by atoms with Gasteiger partial charge in [-0.1, -0.05) is 36.4 Å². The lowest BCUT2D eigenvalue weighted by molar-refractivity contribution is 0.362. The van der Waals surface area contributed by atoms with Crippen LogP contribution in [0, 0.1) is 0 Å². The van der Waals surface area contributed by atoms with Gasteiger partial charge in [-0.25, -0.2) is 0 Å². The molecular formula is C11H10O. The molecular weight excluding hydrogens is 148 g/mol. The largest absolute Gasteiger partial charge is 0.489 e. The first-order valence-electron chi connectivity index (χ1n) is 4.02. The average molecular weight is 158 g/mol. The third-order valence-corrected chi connectivity index (χ3v) is 1.78. The van der Waals surface area contributed by atoms with E-state index in [0.29, 0.717) is 6.61 Å². The average Bonchev–Trinajstić information content (AvgIpc) is 2.06. The van der Waals surface area contributed by atoms with Crippen molar-refractivity contribution in [2.75, 3.05) is 6.61 Å². The number of benzene rings is 1. The highest BCUT2D eigenvalue weighted by Gasteiger charge is 1.98. The molecule has 0 radical (unpaired) electrons. The van der Waals surface area contributed by atoms with Gasteiger partial charge in [0.05, 0.1) is 0 Å². The van der Waals surface area contributed by atoms with E-state index in [1.54, 1.807) is 0 Å². The SMILES string of the molecule is C1=CCOc2ccccc2/C=C\1. The second kappa shape index (κ2) is 3.26. The van der Waals surface area contributed by atoms with Crippen molar-refractivity contribution in [3.05, 3.63) is 48.1 Å². The van der Waals surface area contributed by atoms with E-state index in [-0.39, 0.29) is 0 Å². The Morgan fingerprint density at radius 1 is 1.08 bits per heavy atom. The quantitative estimate of drug-likeness (QED) is 0.564. The summed E-state index contributed by atoms with van der Waals surface area (Å²) in [5, 5.41) is 0. The lowest BCUT2D eigenvalue weighted by atomic mass is 10.2. The molecule has 1 aliphatic heterocycles. The van der Waals surface area contributed by atoms with E-state index in [1.165, 1.54) is 0 Å². The second-order valence-electron chi connectivity index (χ2n) is 2.64. The van der Waals surface area contributed by atoms with E-state index < -0.39 is 0 Å². The Morgan fingerprint density at radius 2 is 2.00 bits per heavy atom. The van der Waals surface area contributed by atoms with Crippen LogP contribution in [-0.2, 0) is 0 Å². The van der Waals surface area contributed by atoms with Crippen molar-refractivity contribution in [1.82, 2.24) is 0 Å². The molecule has 0 bridgehead atoms. The number of hydrogen-bond donors (Lipinski definition) is 0. The first-order chi connectivity index (χ1) is 5.97. The zero-order chi connectivity index (χ0) is 8.23. The maximum atomic E-state index is 5.49. The van der Waals surface area contributed by atoms with Crippen molar-refractivity contribution in [1.29, 1.82) is 0 Å². The lowest BCUT2D eigenvalue weighted by Crippen LogP contribution is -1.95. The molecule has 0 saturated heterocycles. The van der Waals surface area contributed by atoms with Crippen molar-refractivity contribution >= 4 is 6.08 Å². The Bertz CT molecular complexity index is 324. The van der Waals surface area contributed by atoms with Gasteiger partial charge >= 0.3 is 0 Å². The summed E-state index contributed by atoms with van der Waals surface area (Å²) in [6.07, 6.45) is 8.06. The third-order valence-electron chi connectivity index (χ3n) is 1.78. The fourth-order valence-electron chi connectivity index (χ4n) is 1.18. The van der Waals surface area contributed by atoms with Gasteiger partial charge in [-0.05, 0) is 12.1 Å². The molecule has 1 aromatic rings. The topological polar surface area (TPSA) is 9.23 Å². The number of allylic oxidation sites excluding steroid dienone is 2. The van der Waals surface area contributed by atoms with Crippen LogP contribution in [0.2, 0.25) is 0 Å². The summed E-state index contributed by atoms with van der Waals surface area (Å²) in [5.74, 6) is 0.957. The minimum atomic E-state index is 0.654. The number of fused-ring (bicyclic) bond motifs is 1. The number of ether oxygens (including phenoxy) is 1. The minimum absolute atomic E-state index is 0.654. The Kier molecular flexibility index (Phi) is 1.95. The summed E-state index contributed by atoms with van der Waals surface area (Å²) in [5.41, 5.74) is 1.14. The van der Waals surface area contributed by atoms with Gasteiger partial charge in [-0.15, -0.1) is 0 Å². The summed E-state index contributed by atoms with van der Waals surface area (Å²) in [4.78, 5) is 0. The monoisotopic (exact) mass is 158 g/mol.